The standard InChI is InChI=1S/C18H19N3O3S/c19-13-16-17(7-4-10-20-16)25(22,23)21-18(14-5-2-1-3-6-14)15-8-11-24-12-9-15/h1-7,10,15,18,21H,8-9,11-12H2. The van der Waals surface area contributed by atoms with E-state index in [-0.39, 0.29) is 22.5 Å². The van der Waals surface area contributed by atoms with Crippen molar-refractivity contribution in [2.45, 2.75) is 23.8 Å². The SMILES string of the molecule is N#Cc1ncccc1S(=O)(=O)NC(c1ccccc1)C1CCOCC1. The Bertz CT molecular complexity index is 857. The van der Waals surface area contributed by atoms with E-state index < -0.39 is 10.0 Å². The summed E-state index contributed by atoms with van der Waals surface area (Å²) in [5.74, 6) is 0.133. The minimum Gasteiger partial charge on any atom is -0.381 e. The molecule has 0 bridgehead atoms. The zero-order valence-corrected chi connectivity index (χ0v) is 14.4. The molecular weight excluding hydrogens is 338 g/mol. The maximum absolute atomic E-state index is 12.9. The number of ether oxygens (including phenoxy) is 1. The summed E-state index contributed by atoms with van der Waals surface area (Å²) in [6, 6.07) is 13.9. The first-order chi connectivity index (χ1) is 12.1. The third kappa shape index (κ3) is 4.04. The Balaban J connectivity index is 1.95. The second kappa shape index (κ2) is 7.74. The van der Waals surface area contributed by atoms with Gasteiger partial charge in [-0.05, 0) is 36.5 Å². The van der Waals surface area contributed by atoms with Crippen molar-refractivity contribution in [1.82, 2.24) is 9.71 Å². The molecule has 25 heavy (non-hydrogen) atoms. The Morgan fingerprint density at radius 3 is 2.56 bits per heavy atom. The lowest BCUT2D eigenvalue weighted by atomic mass is 9.88. The minimum absolute atomic E-state index is 0.0921. The van der Waals surface area contributed by atoms with Gasteiger partial charge in [-0.15, -0.1) is 0 Å². The maximum Gasteiger partial charge on any atom is 0.244 e. The number of nitriles is 1. The van der Waals surface area contributed by atoms with Gasteiger partial charge in [-0.2, -0.15) is 5.26 Å². The van der Waals surface area contributed by atoms with E-state index in [0.29, 0.717) is 13.2 Å². The molecule has 1 aliphatic rings. The summed E-state index contributed by atoms with van der Waals surface area (Å²) in [5, 5.41) is 9.16. The molecule has 0 aliphatic carbocycles. The molecule has 2 heterocycles. The molecule has 0 saturated carbocycles. The van der Waals surface area contributed by atoms with Gasteiger partial charge in [-0.3, -0.25) is 0 Å². The first-order valence-corrected chi connectivity index (χ1v) is 9.60. The molecule has 1 unspecified atom stereocenters. The van der Waals surface area contributed by atoms with Gasteiger partial charge in [-0.25, -0.2) is 18.1 Å². The Morgan fingerprint density at radius 1 is 1.16 bits per heavy atom. The maximum atomic E-state index is 12.9. The summed E-state index contributed by atoms with van der Waals surface area (Å²) in [5.41, 5.74) is 0.800. The molecule has 0 spiro atoms. The number of sulfonamides is 1. The highest BCUT2D eigenvalue weighted by molar-refractivity contribution is 7.89. The van der Waals surface area contributed by atoms with Crippen molar-refractivity contribution < 1.29 is 13.2 Å². The second-order valence-electron chi connectivity index (χ2n) is 5.92. The van der Waals surface area contributed by atoms with Crippen LogP contribution >= 0.6 is 0 Å². The van der Waals surface area contributed by atoms with Crippen molar-refractivity contribution in [2.24, 2.45) is 5.92 Å². The van der Waals surface area contributed by atoms with Crippen molar-refractivity contribution >= 4 is 10.0 Å². The van der Waals surface area contributed by atoms with Crippen molar-refractivity contribution in [1.29, 1.82) is 5.26 Å². The van der Waals surface area contributed by atoms with Crippen LogP contribution in [0, 0.1) is 17.2 Å². The smallest absolute Gasteiger partial charge is 0.244 e. The number of aromatic nitrogens is 1. The van der Waals surface area contributed by atoms with E-state index >= 15 is 0 Å². The fraction of sp³-hybridized carbons (Fsp3) is 0.333. The number of benzene rings is 1. The average molecular weight is 357 g/mol. The van der Waals surface area contributed by atoms with Crippen LogP contribution in [0.5, 0.6) is 0 Å². The van der Waals surface area contributed by atoms with Crippen molar-refractivity contribution in [2.75, 3.05) is 13.2 Å². The summed E-state index contributed by atoms with van der Waals surface area (Å²) in [4.78, 5) is 3.76. The van der Waals surface area contributed by atoms with Crippen LogP contribution in [0.25, 0.3) is 0 Å². The quantitative estimate of drug-likeness (QED) is 0.887. The first kappa shape index (κ1) is 17.5. The van der Waals surface area contributed by atoms with Crippen LogP contribution in [0.4, 0.5) is 0 Å². The summed E-state index contributed by atoms with van der Waals surface area (Å²) < 4.78 is 34.0. The minimum atomic E-state index is -3.88. The zero-order chi connectivity index (χ0) is 17.7. The average Bonchev–Trinajstić information content (AvgIpc) is 2.67. The molecule has 0 amide bonds. The second-order valence-corrected chi connectivity index (χ2v) is 7.60. The van der Waals surface area contributed by atoms with Crippen LogP contribution in [0.2, 0.25) is 0 Å². The number of pyridine rings is 1. The van der Waals surface area contributed by atoms with Crippen molar-refractivity contribution in [3.05, 3.63) is 59.9 Å². The molecule has 1 saturated heterocycles. The number of nitrogens with one attached hydrogen (secondary N) is 1. The molecule has 1 N–H and O–H groups in total. The van der Waals surface area contributed by atoms with Crippen LogP contribution in [-0.4, -0.2) is 26.6 Å². The van der Waals surface area contributed by atoms with Gasteiger partial charge in [0, 0.05) is 25.5 Å². The fourth-order valence-electron chi connectivity index (χ4n) is 3.07. The summed E-state index contributed by atoms with van der Waals surface area (Å²) >= 11 is 0. The van der Waals surface area contributed by atoms with Gasteiger partial charge in [0.25, 0.3) is 0 Å². The lowest BCUT2D eigenvalue weighted by Gasteiger charge is -2.31. The largest absolute Gasteiger partial charge is 0.381 e. The Labute approximate surface area is 147 Å². The summed E-state index contributed by atoms with van der Waals surface area (Å²) in [6.45, 7) is 1.23. The van der Waals surface area contributed by atoms with Gasteiger partial charge >= 0.3 is 0 Å². The molecule has 1 aromatic carbocycles. The van der Waals surface area contributed by atoms with E-state index in [9.17, 15) is 8.42 Å². The number of hydrogen-bond donors (Lipinski definition) is 1. The monoisotopic (exact) mass is 357 g/mol. The third-order valence-electron chi connectivity index (χ3n) is 4.34. The number of nitrogens with zero attached hydrogens (tertiary/aromatic N) is 2. The predicted molar refractivity (Wildman–Crippen MR) is 92.0 cm³/mol. The summed E-state index contributed by atoms with van der Waals surface area (Å²) in [7, 11) is -3.88. The van der Waals surface area contributed by atoms with E-state index in [1.54, 1.807) is 0 Å². The van der Waals surface area contributed by atoms with Crippen molar-refractivity contribution in [3.8, 4) is 6.07 Å². The van der Waals surface area contributed by atoms with Crippen molar-refractivity contribution in [3.63, 3.8) is 0 Å². The molecule has 7 heteroatoms. The van der Waals surface area contributed by atoms with Crippen LogP contribution in [0.1, 0.15) is 30.1 Å². The highest BCUT2D eigenvalue weighted by Gasteiger charge is 2.31. The first-order valence-electron chi connectivity index (χ1n) is 8.12. The normalized spacial score (nSPS) is 16.9. The molecule has 1 aliphatic heterocycles. The third-order valence-corrected chi connectivity index (χ3v) is 5.82. The molecule has 2 aromatic rings. The molecule has 1 aromatic heterocycles. The van der Waals surface area contributed by atoms with Gasteiger partial charge in [0.05, 0.1) is 0 Å². The fourth-order valence-corrected chi connectivity index (χ4v) is 4.47. The molecule has 0 radical (unpaired) electrons. The molecule has 1 fully saturated rings. The number of hydrogen-bond acceptors (Lipinski definition) is 5. The highest BCUT2D eigenvalue weighted by Crippen LogP contribution is 2.31. The summed E-state index contributed by atoms with van der Waals surface area (Å²) in [6.07, 6.45) is 2.96. The van der Waals surface area contributed by atoms with Crippen LogP contribution in [0.3, 0.4) is 0 Å². The zero-order valence-electron chi connectivity index (χ0n) is 13.6. The Hall–Kier alpha value is -2.27. The topological polar surface area (TPSA) is 92.1 Å². The van der Waals surface area contributed by atoms with Gasteiger partial charge < -0.3 is 4.74 Å². The van der Waals surface area contributed by atoms with Gasteiger partial charge in [0.1, 0.15) is 11.0 Å². The van der Waals surface area contributed by atoms with Crippen LogP contribution < -0.4 is 4.72 Å². The van der Waals surface area contributed by atoms with E-state index in [0.717, 1.165) is 18.4 Å². The number of rotatable bonds is 5. The van der Waals surface area contributed by atoms with Gasteiger partial charge in [-0.1, -0.05) is 30.3 Å². The van der Waals surface area contributed by atoms with E-state index in [1.165, 1.54) is 18.3 Å². The van der Waals surface area contributed by atoms with E-state index in [2.05, 4.69) is 9.71 Å². The van der Waals surface area contributed by atoms with Gasteiger partial charge in [0.15, 0.2) is 5.69 Å². The molecule has 6 nitrogen and oxygen atoms in total. The predicted octanol–water partition coefficient (Wildman–Crippen LogP) is 2.40. The lowest BCUT2D eigenvalue weighted by molar-refractivity contribution is 0.0564. The van der Waals surface area contributed by atoms with Gasteiger partial charge in [0.2, 0.25) is 10.0 Å². The van der Waals surface area contributed by atoms with Crippen LogP contribution in [0.15, 0.2) is 53.6 Å². The van der Waals surface area contributed by atoms with E-state index in [4.69, 9.17) is 10.00 Å². The molecule has 1 atom stereocenters. The Morgan fingerprint density at radius 2 is 1.88 bits per heavy atom. The lowest BCUT2D eigenvalue weighted by Crippen LogP contribution is -2.36. The van der Waals surface area contributed by atoms with E-state index in [1.807, 2.05) is 36.4 Å². The Kier molecular flexibility index (Phi) is 5.43. The highest BCUT2D eigenvalue weighted by atomic mass is 32.2. The molecule has 130 valence electrons. The van der Waals surface area contributed by atoms with Crippen LogP contribution in [-0.2, 0) is 14.8 Å². The molecule has 3 rings (SSSR count). The molecular formula is C18H19N3O3S.